The predicted molar refractivity (Wildman–Crippen MR) is 63.5 cm³/mol. The fourth-order valence-electron chi connectivity index (χ4n) is 1.42. The van der Waals surface area contributed by atoms with E-state index >= 15 is 0 Å². The summed E-state index contributed by atoms with van der Waals surface area (Å²) < 4.78 is 5.29. The second-order valence-electron chi connectivity index (χ2n) is 3.18. The van der Waals surface area contributed by atoms with Crippen molar-refractivity contribution in [3.8, 4) is 15.6 Å². The molecule has 0 atom stereocenters. The van der Waals surface area contributed by atoms with E-state index in [1.807, 2.05) is 18.2 Å². The molecule has 15 heavy (non-hydrogen) atoms. The summed E-state index contributed by atoms with van der Waals surface area (Å²) in [5, 5.41) is 1.96. The van der Waals surface area contributed by atoms with Crippen LogP contribution < -0.4 is 4.74 Å². The number of ether oxygens (including phenoxy) is 1. The summed E-state index contributed by atoms with van der Waals surface area (Å²) in [4.78, 5) is 4.56. The Morgan fingerprint density at radius 2 is 2.00 bits per heavy atom. The molecule has 2 nitrogen and oxygen atoms in total. The van der Waals surface area contributed by atoms with Crippen LogP contribution in [0, 0.1) is 0 Å². The average Bonchev–Trinajstić information content (AvgIpc) is 2.73. The molecule has 0 spiro atoms. The van der Waals surface area contributed by atoms with E-state index in [9.17, 15) is 0 Å². The maximum Gasteiger partial charge on any atom is 0.197 e. The van der Waals surface area contributed by atoms with E-state index in [2.05, 4.69) is 24.0 Å². The zero-order valence-corrected chi connectivity index (χ0v) is 9.67. The van der Waals surface area contributed by atoms with E-state index in [-0.39, 0.29) is 0 Å². The minimum Gasteiger partial charge on any atom is -0.486 e. The van der Waals surface area contributed by atoms with Crippen LogP contribution in [-0.2, 0) is 6.42 Å². The Hall–Kier alpha value is -1.35. The average molecular weight is 219 g/mol. The Bertz CT molecular complexity index is 415. The maximum atomic E-state index is 5.29. The standard InChI is InChI=1S/C12H13NOS/c1-3-10-12(14-2)15-11(13-10)9-7-5-4-6-8-9/h4-8H,3H2,1-2H3. The Kier molecular flexibility index (Phi) is 3.02. The fraction of sp³-hybridized carbons (Fsp3) is 0.250. The van der Waals surface area contributed by atoms with Gasteiger partial charge in [0.25, 0.3) is 0 Å². The number of aromatic nitrogens is 1. The zero-order chi connectivity index (χ0) is 10.7. The highest BCUT2D eigenvalue weighted by Crippen LogP contribution is 2.33. The van der Waals surface area contributed by atoms with Gasteiger partial charge in [0.1, 0.15) is 5.01 Å². The molecule has 0 unspecified atom stereocenters. The topological polar surface area (TPSA) is 22.1 Å². The molecule has 0 aliphatic rings. The summed E-state index contributed by atoms with van der Waals surface area (Å²) in [6.45, 7) is 2.09. The largest absolute Gasteiger partial charge is 0.486 e. The van der Waals surface area contributed by atoms with Gasteiger partial charge in [0.2, 0.25) is 0 Å². The van der Waals surface area contributed by atoms with Gasteiger partial charge in [-0.2, -0.15) is 0 Å². The lowest BCUT2D eigenvalue weighted by atomic mass is 10.2. The lowest BCUT2D eigenvalue weighted by molar-refractivity contribution is 0.421. The van der Waals surface area contributed by atoms with E-state index in [1.165, 1.54) is 0 Å². The van der Waals surface area contributed by atoms with Crippen molar-refractivity contribution in [2.75, 3.05) is 7.11 Å². The smallest absolute Gasteiger partial charge is 0.197 e. The van der Waals surface area contributed by atoms with Crippen LogP contribution in [0.3, 0.4) is 0 Å². The molecule has 2 aromatic rings. The van der Waals surface area contributed by atoms with Gasteiger partial charge in [-0.1, -0.05) is 48.6 Å². The molecule has 1 aromatic heterocycles. The molecule has 0 aliphatic carbocycles. The molecule has 0 radical (unpaired) electrons. The van der Waals surface area contributed by atoms with Crippen molar-refractivity contribution in [3.05, 3.63) is 36.0 Å². The minimum atomic E-state index is 0.909. The van der Waals surface area contributed by atoms with Crippen LogP contribution in [0.1, 0.15) is 12.6 Å². The van der Waals surface area contributed by atoms with Crippen molar-refractivity contribution in [1.29, 1.82) is 0 Å². The second kappa shape index (κ2) is 4.45. The van der Waals surface area contributed by atoms with Gasteiger partial charge in [0.15, 0.2) is 5.06 Å². The molecule has 0 amide bonds. The molecule has 0 saturated carbocycles. The maximum absolute atomic E-state index is 5.29. The van der Waals surface area contributed by atoms with Crippen LogP contribution in [0.15, 0.2) is 30.3 Å². The van der Waals surface area contributed by atoms with Gasteiger partial charge < -0.3 is 4.74 Å². The van der Waals surface area contributed by atoms with Gasteiger partial charge in [-0.05, 0) is 6.42 Å². The number of methoxy groups -OCH3 is 1. The van der Waals surface area contributed by atoms with Gasteiger partial charge >= 0.3 is 0 Å². The van der Waals surface area contributed by atoms with Gasteiger partial charge in [-0.25, -0.2) is 4.98 Å². The summed E-state index contributed by atoms with van der Waals surface area (Å²) in [5.41, 5.74) is 2.20. The SMILES string of the molecule is CCc1nc(-c2ccccc2)sc1OC. The number of thiazole rings is 1. The van der Waals surface area contributed by atoms with Gasteiger partial charge in [-0.3, -0.25) is 0 Å². The first kappa shape index (κ1) is 10.2. The highest BCUT2D eigenvalue weighted by atomic mass is 32.1. The summed E-state index contributed by atoms with van der Waals surface area (Å²) >= 11 is 1.60. The molecule has 0 fully saturated rings. The first-order valence-corrected chi connectivity index (χ1v) is 5.76. The van der Waals surface area contributed by atoms with Crippen LogP contribution in [0.5, 0.6) is 5.06 Å². The third-order valence-electron chi connectivity index (χ3n) is 2.20. The highest BCUT2D eigenvalue weighted by molar-refractivity contribution is 7.17. The molecule has 0 bridgehead atoms. The molecule has 3 heteroatoms. The number of nitrogens with zero attached hydrogens (tertiary/aromatic N) is 1. The Morgan fingerprint density at radius 1 is 1.27 bits per heavy atom. The van der Waals surface area contributed by atoms with Gasteiger partial charge in [0.05, 0.1) is 12.8 Å². The first-order chi connectivity index (χ1) is 7.35. The summed E-state index contributed by atoms with van der Waals surface area (Å²) in [6.07, 6.45) is 0.909. The first-order valence-electron chi connectivity index (χ1n) is 4.94. The van der Waals surface area contributed by atoms with Gasteiger partial charge in [-0.15, -0.1) is 0 Å². The zero-order valence-electron chi connectivity index (χ0n) is 8.86. The molecule has 0 saturated heterocycles. The number of hydrogen-bond donors (Lipinski definition) is 0. The van der Waals surface area contributed by atoms with Crippen LogP contribution >= 0.6 is 11.3 Å². The van der Waals surface area contributed by atoms with Crippen molar-refractivity contribution < 1.29 is 4.74 Å². The Morgan fingerprint density at radius 3 is 2.53 bits per heavy atom. The fourth-order valence-corrected chi connectivity index (χ4v) is 2.40. The Labute approximate surface area is 93.6 Å². The molecule has 0 aliphatic heterocycles. The molecule has 0 N–H and O–H groups in total. The lowest BCUT2D eigenvalue weighted by Crippen LogP contribution is -1.86. The highest BCUT2D eigenvalue weighted by Gasteiger charge is 2.10. The van der Waals surface area contributed by atoms with E-state index < -0.39 is 0 Å². The van der Waals surface area contributed by atoms with Crippen molar-refractivity contribution in [2.45, 2.75) is 13.3 Å². The molecule has 2 rings (SSSR count). The third-order valence-corrected chi connectivity index (χ3v) is 3.31. The number of aryl methyl sites for hydroxylation is 1. The summed E-state index contributed by atoms with van der Waals surface area (Å²) in [7, 11) is 1.70. The second-order valence-corrected chi connectivity index (χ2v) is 4.14. The minimum absolute atomic E-state index is 0.909. The van der Waals surface area contributed by atoms with Crippen molar-refractivity contribution in [3.63, 3.8) is 0 Å². The predicted octanol–water partition coefficient (Wildman–Crippen LogP) is 3.38. The third kappa shape index (κ3) is 2.02. The van der Waals surface area contributed by atoms with Crippen LogP contribution in [0.2, 0.25) is 0 Å². The summed E-state index contributed by atoms with van der Waals surface area (Å²) in [6, 6.07) is 10.2. The molecule has 1 heterocycles. The quantitative estimate of drug-likeness (QED) is 0.789. The van der Waals surface area contributed by atoms with E-state index in [0.29, 0.717) is 0 Å². The van der Waals surface area contributed by atoms with Crippen molar-refractivity contribution >= 4 is 11.3 Å². The molecular weight excluding hydrogens is 206 g/mol. The van der Waals surface area contributed by atoms with E-state index in [4.69, 9.17) is 4.74 Å². The monoisotopic (exact) mass is 219 g/mol. The lowest BCUT2D eigenvalue weighted by Gasteiger charge is -1.93. The molecule has 78 valence electrons. The van der Waals surface area contributed by atoms with E-state index in [1.54, 1.807) is 18.4 Å². The number of benzene rings is 1. The van der Waals surface area contributed by atoms with Crippen molar-refractivity contribution in [2.24, 2.45) is 0 Å². The molecular formula is C12H13NOS. The van der Waals surface area contributed by atoms with Crippen LogP contribution in [-0.4, -0.2) is 12.1 Å². The number of rotatable bonds is 3. The normalized spacial score (nSPS) is 10.3. The number of hydrogen-bond acceptors (Lipinski definition) is 3. The molecule has 1 aromatic carbocycles. The van der Waals surface area contributed by atoms with E-state index in [0.717, 1.165) is 27.7 Å². The van der Waals surface area contributed by atoms with Crippen LogP contribution in [0.4, 0.5) is 0 Å². The van der Waals surface area contributed by atoms with Gasteiger partial charge in [0, 0.05) is 5.56 Å². The van der Waals surface area contributed by atoms with Crippen molar-refractivity contribution in [1.82, 2.24) is 4.98 Å². The Balaban J connectivity index is 2.42. The summed E-state index contributed by atoms with van der Waals surface area (Å²) in [5.74, 6) is 0. The van der Waals surface area contributed by atoms with Crippen LogP contribution in [0.25, 0.3) is 10.6 Å².